The fourth-order valence-electron chi connectivity index (χ4n) is 3.24. The van der Waals surface area contributed by atoms with Gasteiger partial charge < -0.3 is 9.88 Å². The Kier molecular flexibility index (Phi) is 3.58. The summed E-state index contributed by atoms with van der Waals surface area (Å²) >= 11 is 0. The van der Waals surface area contributed by atoms with Gasteiger partial charge in [0.05, 0.1) is 5.52 Å². The van der Waals surface area contributed by atoms with Crippen LogP contribution in [-0.4, -0.2) is 4.57 Å². The van der Waals surface area contributed by atoms with E-state index in [4.69, 9.17) is 0 Å². The summed E-state index contributed by atoms with van der Waals surface area (Å²) in [5.74, 6) is 0. The van der Waals surface area contributed by atoms with Crippen LogP contribution in [0, 0.1) is 13.8 Å². The largest absolute Gasteiger partial charge is 0.356 e. The molecule has 2 heteroatoms. The van der Waals surface area contributed by atoms with Crippen LogP contribution in [0.5, 0.6) is 0 Å². The SMILES string of the molecule is Cc1c(C)n(-c2ccc(Nc3ccccc3)cc2)c2ccccc12. The quantitative estimate of drug-likeness (QED) is 0.491. The molecule has 0 atom stereocenters. The Morgan fingerprint density at radius 1 is 0.667 bits per heavy atom. The maximum Gasteiger partial charge on any atom is 0.0534 e. The zero-order valence-corrected chi connectivity index (χ0v) is 14.0. The predicted molar refractivity (Wildman–Crippen MR) is 102 cm³/mol. The maximum absolute atomic E-state index is 3.43. The molecule has 1 N–H and O–H groups in total. The Morgan fingerprint density at radius 3 is 2.04 bits per heavy atom. The highest BCUT2D eigenvalue weighted by molar-refractivity contribution is 5.87. The third-order valence-corrected chi connectivity index (χ3v) is 4.62. The van der Waals surface area contributed by atoms with Crippen LogP contribution in [0.3, 0.4) is 0 Å². The van der Waals surface area contributed by atoms with Gasteiger partial charge in [0.15, 0.2) is 0 Å². The van der Waals surface area contributed by atoms with Gasteiger partial charge >= 0.3 is 0 Å². The van der Waals surface area contributed by atoms with Gasteiger partial charge in [-0.2, -0.15) is 0 Å². The van der Waals surface area contributed by atoms with Gasteiger partial charge in [0, 0.05) is 28.1 Å². The van der Waals surface area contributed by atoms with Crippen molar-refractivity contribution in [3.05, 3.63) is 90.1 Å². The molecule has 4 rings (SSSR count). The third-order valence-electron chi connectivity index (χ3n) is 4.62. The van der Waals surface area contributed by atoms with Crippen molar-refractivity contribution >= 4 is 22.3 Å². The lowest BCUT2D eigenvalue weighted by molar-refractivity contribution is 1.04. The first kappa shape index (κ1) is 14.6. The highest BCUT2D eigenvalue weighted by Gasteiger charge is 2.11. The number of rotatable bonds is 3. The molecule has 24 heavy (non-hydrogen) atoms. The van der Waals surface area contributed by atoms with Crippen LogP contribution >= 0.6 is 0 Å². The average molecular weight is 312 g/mol. The van der Waals surface area contributed by atoms with Crippen molar-refractivity contribution in [3.63, 3.8) is 0 Å². The first-order valence-electron chi connectivity index (χ1n) is 8.23. The Labute approximate surface area is 142 Å². The molecule has 0 saturated carbocycles. The van der Waals surface area contributed by atoms with E-state index in [1.165, 1.54) is 27.8 Å². The van der Waals surface area contributed by atoms with E-state index in [1.54, 1.807) is 0 Å². The summed E-state index contributed by atoms with van der Waals surface area (Å²) in [5, 5.41) is 4.75. The predicted octanol–water partition coefficient (Wildman–Crippen LogP) is 5.99. The molecule has 0 fully saturated rings. The van der Waals surface area contributed by atoms with Crippen molar-refractivity contribution in [1.82, 2.24) is 4.57 Å². The van der Waals surface area contributed by atoms with Crippen LogP contribution in [-0.2, 0) is 0 Å². The lowest BCUT2D eigenvalue weighted by Crippen LogP contribution is -1.97. The number of benzene rings is 3. The summed E-state index contributed by atoms with van der Waals surface area (Å²) in [6, 6.07) is 27.4. The Hall–Kier alpha value is -3.00. The first-order chi connectivity index (χ1) is 11.7. The van der Waals surface area contributed by atoms with Gasteiger partial charge in [0.2, 0.25) is 0 Å². The van der Waals surface area contributed by atoms with Gasteiger partial charge in [-0.05, 0) is 61.9 Å². The molecule has 118 valence electrons. The minimum Gasteiger partial charge on any atom is -0.356 e. The molecule has 0 aliphatic heterocycles. The number of aromatic nitrogens is 1. The summed E-state index contributed by atoms with van der Waals surface area (Å²) in [5.41, 5.74) is 7.28. The average Bonchev–Trinajstić information content (AvgIpc) is 2.88. The van der Waals surface area contributed by atoms with Crippen LogP contribution in [0.4, 0.5) is 11.4 Å². The first-order valence-corrected chi connectivity index (χ1v) is 8.23. The van der Waals surface area contributed by atoms with Crippen molar-refractivity contribution in [3.8, 4) is 5.69 Å². The van der Waals surface area contributed by atoms with Gasteiger partial charge in [-0.15, -0.1) is 0 Å². The smallest absolute Gasteiger partial charge is 0.0534 e. The van der Waals surface area contributed by atoms with Gasteiger partial charge in [-0.3, -0.25) is 0 Å². The fourth-order valence-corrected chi connectivity index (χ4v) is 3.24. The topological polar surface area (TPSA) is 17.0 Å². The number of aryl methyl sites for hydroxylation is 1. The molecule has 3 aromatic carbocycles. The molecule has 0 unspecified atom stereocenters. The highest BCUT2D eigenvalue weighted by atomic mass is 15.0. The van der Waals surface area contributed by atoms with Gasteiger partial charge in [0.25, 0.3) is 0 Å². The zero-order valence-electron chi connectivity index (χ0n) is 14.0. The van der Waals surface area contributed by atoms with Crippen LogP contribution in [0.25, 0.3) is 16.6 Å². The van der Waals surface area contributed by atoms with E-state index >= 15 is 0 Å². The number of nitrogens with one attached hydrogen (secondary N) is 1. The van der Waals surface area contributed by atoms with Crippen LogP contribution in [0.1, 0.15) is 11.3 Å². The Balaban J connectivity index is 1.72. The third kappa shape index (κ3) is 2.46. The fraction of sp³-hybridized carbons (Fsp3) is 0.0909. The number of nitrogens with zero attached hydrogens (tertiary/aromatic N) is 1. The lowest BCUT2D eigenvalue weighted by atomic mass is 10.2. The molecular formula is C22H20N2. The van der Waals surface area contributed by atoms with Crippen molar-refractivity contribution in [1.29, 1.82) is 0 Å². The number of hydrogen-bond donors (Lipinski definition) is 1. The van der Waals surface area contributed by atoms with E-state index < -0.39 is 0 Å². The van der Waals surface area contributed by atoms with Gasteiger partial charge in [0.1, 0.15) is 0 Å². The highest BCUT2D eigenvalue weighted by Crippen LogP contribution is 2.29. The summed E-state index contributed by atoms with van der Waals surface area (Å²) in [6.07, 6.45) is 0. The second-order valence-corrected chi connectivity index (χ2v) is 6.10. The lowest BCUT2D eigenvalue weighted by Gasteiger charge is -2.11. The number of fused-ring (bicyclic) bond motifs is 1. The van der Waals surface area contributed by atoms with Gasteiger partial charge in [-0.25, -0.2) is 0 Å². The monoisotopic (exact) mass is 312 g/mol. The molecule has 1 aromatic heterocycles. The van der Waals surface area contributed by atoms with E-state index in [9.17, 15) is 0 Å². The molecule has 0 spiro atoms. The number of anilines is 2. The summed E-state index contributed by atoms with van der Waals surface area (Å²) in [4.78, 5) is 0. The number of hydrogen-bond acceptors (Lipinski definition) is 1. The summed E-state index contributed by atoms with van der Waals surface area (Å²) in [6.45, 7) is 4.38. The maximum atomic E-state index is 3.43. The van der Waals surface area contributed by atoms with Gasteiger partial charge in [-0.1, -0.05) is 36.4 Å². The summed E-state index contributed by atoms with van der Waals surface area (Å²) < 4.78 is 2.33. The standard InChI is InChI=1S/C22H20N2/c1-16-17(2)24(22-11-7-6-10-21(16)22)20-14-12-19(13-15-20)23-18-8-4-3-5-9-18/h3-15,23H,1-2H3. The second kappa shape index (κ2) is 5.89. The van der Waals surface area contributed by atoms with Crippen LogP contribution in [0.15, 0.2) is 78.9 Å². The number of para-hydroxylation sites is 2. The molecule has 2 nitrogen and oxygen atoms in total. The minimum absolute atomic E-state index is 1.09. The van der Waals surface area contributed by atoms with E-state index in [1.807, 2.05) is 18.2 Å². The van der Waals surface area contributed by atoms with E-state index in [-0.39, 0.29) is 0 Å². The molecule has 1 heterocycles. The van der Waals surface area contributed by atoms with Crippen molar-refractivity contribution in [2.24, 2.45) is 0 Å². The van der Waals surface area contributed by atoms with Crippen molar-refractivity contribution in [2.75, 3.05) is 5.32 Å². The second-order valence-electron chi connectivity index (χ2n) is 6.10. The molecule has 0 radical (unpaired) electrons. The molecule has 4 aromatic rings. The molecular weight excluding hydrogens is 292 g/mol. The van der Waals surface area contributed by atoms with Crippen LogP contribution < -0.4 is 5.32 Å². The van der Waals surface area contributed by atoms with Crippen molar-refractivity contribution < 1.29 is 0 Å². The molecule has 0 aliphatic rings. The van der Waals surface area contributed by atoms with E-state index in [0.717, 1.165) is 11.4 Å². The van der Waals surface area contributed by atoms with E-state index in [0.29, 0.717) is 0 Å². The molecule has 0 aliphatic carbocycles. The zero-order chi connectivity index (χ0) is 16.5. The Morgan fingerprint density at radius 2 is 1.29 bits per heavy atom. The van der Waals surface area contributed by atoms with E-state index in [2.05, 4.69) is 84.4 Å². The molecule has 0 bridgehead atoms. The summed E-state index contributed by atoms with van der Waals surface area (Å²) in [7, 11) is 0. The Bertz CT molecular complexity index is 980. The molecule has 0 amide bonds. The van der Waals surface area contributed by atoms with Crippen LogP contribution in [0.2, 0.25) is 0 Å². The normalized spacial score (nSPS) is 10.9. The minimum atomic E-state index is 1.09. The molecule has 0 saturated heterocycles. The van der Waals surface area contributed by atoms with Crippen molar-refractivity contribution in [2.45, 2.75) is 13.8 Å².